The van der Waals surface area contributed by atoms with E-state index in [1.807, 2.05) is 36.4 Å². The lowest BCUT2D eigenvalue weighted by atomic mass is 10.0. The molecule has 2 heterocycles. The van der Waals surface area contributed by atoms with Crippen LogP contribution in [0.1, 0.15) is 0 Å². The first kappa shape index (κ1) is 18.8. The molecular weight excluding hydrogens is 378 g/mol. The van der Waals surface area contributed by atoms with Gasteiger partial charge in [-0.15, -0.1) is 0 Å². The van der Waals surface area contributed by atoms with E-state index in [2.05, 4.69) is 47.3 Å². The van der Waals surface area contributed by atoms with Gasteiger partial charge in [0.25, 0.3) is 0 Å². The second-order valence-corrected chi connectivity index (χ2v) is 7.83. The first-order valence-electron chi connectivity index (χ1n) is 10.2. The van der Waals surface area contributed by atoms with Gasteiger partial charge in [-0.3, -0.25) is 0 Å². The molecule has 154 valence electrons. The highest BCUT2D eigenvalue weighted by Gasteiger charge is 2.23. The summed E-state index contributed by atoms with van der Waals surface area (Å²) in [5, 5.41) is 17.1. The van der Waals surface area contributed by atoms with Gasteiger partial charge in [0.05, 0.1) is 18.0 Å². The van der Waals surface area contributed by atoms with Crippen molar-refractivity contribution >= 4 is 32.9 Å². The van der Waals surface area contributed by atoms with Crippen molar-refractivity contribution in [1.82, 2.24) is 9.47 Å². The maximum absolute atomic E-state index is 9.11. The number of hydrogen-bond acceptors (Lipinski definition) is 5. The number of nitrogens with zero attached hydrogens (tertiary/aromatic N) is 2. The number of benzene rings is 3. The number of fused-ring (bicyclic) bond motifs is 7. The molecule has 5 rings (SSSR count). The van der Waals surface area contributed by atoms with E-state index in [1.54, 1.807) is 0 Å². The lowest BCUT2D eigenvalue weighted by Crippen LogP contribution is -2.17. The summed E-state index contributed by atoms with van der Waals surface area (Å²) in [6.07, 6.45) is 4.34. The molecule has 4 aromatic rings. The Balaban J connectivity index is 1.71. The van der Waals surface area contributed by atoms with Crippen LogP contribution in [-0.2, 0) is 6.54 Å². The van der Waals surface area contributed by atoms with Gasteiger partial charge in [0.1, 0.15) is 12.4 Å². The molecular formula is C24H25N3O3. The Bertz CT molecular complexity index is 1230. The Labute approximate surface area is 175 Å². The van der Waals surface area contributed by atoms with Crippen molar-refractivity contribution in [1.29, 1.82) is 0 Å². The monoisotopic (exact) mass is 403 g/mol. The normalized spacial score (nSPS) is 12.5. The molecule has 0 aliphatic carbocycles. The summed E-state index contributed by atoms with van der Waals surface area (Å²) in [4.78, 5) is 2.17. The molecule has 0 unspecified atom stereocenters. The van der Waals surface area contributed by atoms with Gasteiger partial charge in [0.2, 0.25) is 0 Å². The van der Waals surface area contributed by atoms with Gasteiger partial charge in [0.15, 0.2) is 11.5 Å². The lowest BCUT2D eigenvalue weighted by Gasteiger charge is -2.24. The summed E-state index contributed by atoms with van der Waals surface area (Å²) in [6, 6.07) is 14.0. The van der Waals surface area contributed by atoms with Gasteiger partial charge in [-0.2, -0.15) is 0 Å². The topological polar surface area (TPSA) is 58.9 Å². The SMILES string of the molecule is CN(C)CCn1cc2c3c(c4ccc(OCCO)cc4c2c1)Nc1ccccc1O3. The molecule has 6 nitrogen and oxygen atoms in total. The number of aliphatic hydroxyl groups excluding tert-OH is 1. The Morgan fingerprint density at radius 3 is 2.70 bits per heavy atom. The Morgan fingerprint density at radius 1 is 1.03 bits per heavy atom. The van der Waals surface area contributed by atoms with E-state index < -0.39 is 0 Å². The van der Waals surface area contributed by atoms with E-state index in [0.717, 1.165) is 63.3 Å². The van der Waals surface area contributed by atoms with E-state index >= 15 is 0 Å². The zero-order valence-corrected chi connectivity index (χ0v) is 17.2. The molecule has 0 fully saturated rings. The average Bonchev–Trinajstić information content (AvgIpc) is 3.20. The molecule has 1 aliphatic heterocycles. The van der Waals surface area contributed by atoms with Crippen LogP contribution in [0.15, 0.2) is 54.9 Å². The molecule has 0 bridgehead atoms. The zero-order chi connectivity index (χ0) is 20.7. The van der Waals surface area contributed by atoms with E-state index in [9.17, 15) is 0 Å². The zero-order valence-electron chi connectivity index (χ0n) is 17.2. The predicted octanol–water partition coefficient (Wildman–Crippen LogP) is 4.58. The van der Waals surface area contributed by atoms with Crippen LogP contribution in [0.25, 0.3) is 21.5 Å². The van der Waals surface area contributed by atoms with Gasteiger partial charge < -0.3 is 29.4 Å². The average molecular weight is 403 g/mol. The third-order valence-electron chi connectivity index (χ3n) is 5.43. The van der Waals surface area contributed by atoms with Crippen LogP contribution in [0.4, 0.5) is 11.4 Å². The Kier molecular flexibility index (Phi) is 4.73. The van der Waals surface area contributed by atoms with Crippen molar-refractivity contribution in [3.05, 3.63) is 54.9 Å². The summed E-state index contributed by atoms with van der Waals surface area (Å²) in [5.41, 5.74) is 1.92. The van der Waals surface area contributed by atoms with Crippen molar-refractivity contribution < 1.29 is 14.6 Å². The molecule has 0 saturated heterocycles. The van der Waals surface area contributed by atoms with Gasteiger partial charge in [-0.1, -0.05) is 12.1 Å². The van der Waals surface area contributed by atoms with E-state index in [0.29, 0.717) is 0 Å². The van der Waals surface area contributed by atoms with E-state index in [4.69, 9.17) is 14.6 Å². The molecule has 0 radical (unpaired) electrons. The highest BCUT2D eigenvalue weighted by atomic mass is 16.5. The second kappa shape index (κ2) is 7.55. The van der Waals surface area contributed by atoms with E-state index in [-0.39, 0.29) is 13.2 Å². The van der Waals surface area contributed by atoms with Crippen LogP contribution in [0.3, 0.4) is 0 Å². The maximum atomic E-state index is 9.11. The number of aliphatic hydroxyl groups is 1. The number of aromatic nitrogens is 1. The fourth-order valence-corrected chi connectivity index (χ4v) is 3.96. The van der Waals surface area contributed by atoms with Crippen molar-refractivity contribution in [2.75, 3.05) is 39.2 Å². The molecule has 0 amide bonds. The number of anilines is 2. The molecule has 0 spiro atoms. The van der Waals surface area contributed by atoms with Crippen LogP contribution in [-0.4, -0.2) is 48.4 Å². The number of likely N-dealkylation sites (N-methyl/N-ethyl adjacent to an activating group) is 1. The second-order valence-electron chi connectivity index (χ2n) is 7.83. The minimum atomic E-state index is -0.00920. The molecule has 30 heavy (non-hydrogen) atoms. The number of nitrogens with one attached hydrogen (secondary N) is 1. The Morgan fingerprint density at radius 2 is 1.87 bits per heavy atom. The summed E-state index contributed by atoms with van der Waals surface area (Å²) >= 11 is 0. The number of hydrogen-bond donors (Lipinski definition) is 2. The Hall–Kier alpha value is -3.22. The van der Waals surface area contributed by atoms with Crippen LogP contribution < -0.4 is 14.8 Å². The first-order valence-corrected chi connectivity index (χ1v) is 10.2. The smallest absolute Gasteiger partial charge is 0.160 e. The lowest BCUT2D eigenvalue weighted by molar-refractivity contribution is 0.201. The van der Waals surface area contributed by atoms with Gasteiger partial charge >= 0.3 is 0 Å². The van der Waals surface area contributed by atoms with Gasteiger partial charge in [0, 0.05) is 41.6 Å². The van der Waals surface area contributed by atoms with Crippen molar-refractivity contribution in [3.8, 4) is 17.2 Å². The highest BCUT2D eigenvalue weighted by Crippen LogP contribution is 2.50. The van der Waals surface area contributed by atoms with Crippen molar-refractivity contribution in [2.24, 2.45) is 0 Å². The molecule has 3 aromatic carbocycles. The summed E-state index contributed by atoms with van der Waals surface area (Å²) in [5.74, 6) is 2.43. The van der Waals surface area contributed by atoms with Crippen LogP contribution in [0.2, 0.25) is 0 Å². The number of rotatable bonds is 6. The summed E-state index contributed by atoms with van der Waals surface area (Å²) in [6.45, 7) is 2.11. The fourth-order valence-electron chi connectivity index (χ4n) is 3.96. The maximum Gasteiger partial charge on any atom is 0.160 e. The summed E-state index contributed by atoms with van der Waals surface area (Å²) in [7, 11) is 4.16. The summed E-state index contributed by atoms with van der Waals surface area (Å²) < 4.78 is 14.3. The molecule has 0 saturated carbocycles. The van der Waals surface area contributed by atoms with Gasteiger partial charge in [-0.25, -0.2) is 0 Å². The molecule has 1 aliphatic rings. The van der Waals surface area contributed by atoms with Crippen LogP contribution >= 0.6 is 0 Å². The van der Waals surface area contributed by atoms with Crippen LogP contribution in [0, 0.1) is 0 Å². The van der Waals surface area contributed by atoms with Crippen LogP contribution in [0.5, 0.6) is 17.2 Å². The fraction of sp³-hybridized carbons (Fsp3) is 0.250. The number of para-hydroxylation sites is 2. The van der Waals surface area contributed by atoms with Crippen molar-refractivity contribution in [2.45, 2.75) is 6.54 Å². The van der Waals surface area contributed by atoms with Crippen molar-refractivity contribution in [3.63, 3.8) is 0 Å². The minimum absolute atomic E-state index is 0.00920. The molecule has 2 N–H and O–H groups in total. The van der Waals surface area contributed by atoms with Gasteiger partial charge in [-0.05, 0) is 49.8 Å². The third kappa shape index (κ3) is 3.24. The molecule has 1 aromatic heterocycles. The first-order chi connectivity index (χ1) is 14.6. The largest absolute Gasteiger partial charge is 0.491 e. The molecule has 0 atom stereocenters. The molecule has 6 heteroatoms. The highest BCUT2D eigenvalue weighted by molar-refractivity contribution is 6.18. The number of ether oxygens (including phenoxy) is 2. The predicted molar refractivity (Wildman–Crippen MR) is 120 cm³/mol. The minimum Gasteiger partial charge on any atom is -0.491 e. The quantitative estimate of drug-likeness (QED) is 0.435. The standard InChI is InChI=1S/C24H25N3O3/c1-26(2)9-10-27-14-19-18-13-16(29-12-11-28)7-8-17(18)23-24(20(19)15-27)30-22-6-4-3-5-21(22)25-23/h3-8,13-15,25,28H,9-12H2,1-2H3. The van der Waals surface area contributed by atoms with E-state index in [1.165, 1.54) is 0 Å². The third-order valence-corrected chi connectivity index (χ3v) is 5.43.